The number of ether oxygens (including phenoxy) is 2. The molecule has 1 aromatic carbocycles. The van der Waals surface area contributed by atoms with E-state index in [0.717, 1.165) is 18.4 Å². The zero-order valence-electron chi connectivity index (χ0n) is 16.8. The Morgan fingerprint density at radius 1 is 1.41 bits per heavy atom. The maximum absolute atomic E-state index is 12.5. The summed E-state index contributed by atoms with van der Waals surface area (Å²) in [5.41, 5.74) is 1.72. The highest BCUT2D eigenvalue weighted by Gasteiger charge is 2.46. The normalized spacial score (nSPS) is 23.6. The van der Waals surface area contributed by atoms with Gasteiger partial charge in [0.25, 0.3) is 0 Å². The van der Waals surface area contributed by atoms with Crippen LogP contribution in [0.25, 0.3) is 0 Å². The van der Waals surface area contributed by atoms with Crippen LogP contribution in [0.15, 0.2) is 23.8 Å². The summed E-state index contributed by atoms with van der Waals surface area (Å²) < 4.78 is 11.7. The van der Waals surface area contributed by atoms with Crippen molar-refractivity contribution in [2.45, 2.75) is 64.4 Å². The molecule has 1 aliphatic heterocycles. The van der Waals surface area contributed by atoms with E-state index in [1.807, 2.05) is 19.9 Å². The first kappa shape index (κ1) is 20.2. The molecule has 0 fully saturated rings. The van der Waals surface area contributed by atoms with Gasteiger partial charge in [-0.15, -0.1) is 0 Å². The number of rotatable bonds is 4. The fourth-order valence-electron chi connectivity index (χ4n) is 4.35. The van der Waals surface area contributed by atoms with Gasteiger partial charge in [0.15, 0.2) is 0 Å². The molecule has 4 nitrogen and oxygen atoms in total. The quantitative estimate of drug-likeness (QED) is 0.399. The first-order chi connectivity index (χ1) is 12.6. The molecule has 3 rings (SSSR count). The second-order valence-corrected chi connectivity index (χ2v) is 9.56. The van der Waals surface area contributed by atoms with Gasteiger partial charge in [0, 0.05) is 22.7 Å². The van der Waals surface area contributed by atoms with E-state index in [1.54, 1.807) is 6.07 Å². The minimum Gasteiger partial charge on any atom is -0.508 e. The second-order valence-electron chi connectivity index (χ2n) is 8.77. The van der Waals surface area contributed by atoms with Crippen LogP contribution >= 0.6 is 15.9 Å². The Morgan fingerprint density at radius 2 is 2.11 bits per heavy atom. The van der Waals surface area contributed by atoms with Gasteiger partial charge in [-0.25, -0.2) is 0 Å². The van der Waals surface area contributed by atoms with Crippen molar-refractivity contribution in [3.8, 4) is 11.5 Å². The lowest BCUT2D eigenvalue weighted by molar-refractivity contribution is -0.148. The molecule has 0 saturated heterocycles. The summed E-state index contributed by atoms with van der Waals surface area (Å²) in [6.45, 7) is 10.3. The molecule has 2 unspecified atom stereocenters. The Hall–Kier alpha value is -1.49. The summed E-state index contributed by atoms with van der Waals surface area (Å²) in [6, 6.07) is 3.62. The van der Waals surface area contributed by atoms with Crippen molar-refractivity contribution < 1.29 is 19.4 Å². The molecule has 2 aliphatic rings. The van der Waals surface area contributed by atoms with Crippen LogP contribution in [0.1, 0.15) is 64.5 Å². The van der Waals surface area contributed by atoms with E-state index in [1.165, 1.54) is 5.57 Å². The predicted octanol–water partition coefficient (Wildman–Crippen LogP) is 5.22. The highest BCUT2D eigenvalue weighted by Crippen LogP contribution is 2.54. The van der Waals surface area contributed by atoms with Crippen molar-refractivity contribution in [1.82, 2.24) is 0 Å². The second kappa shape index (κ2) is 7.16. The third-order valence-electron chi connectivity index (χ3n) is 6.05. The molecule has 1 N–H and O–H groups in total. The molecule has 1 aliphatic carbocycles. The van der Waals surface area contributed by atoms with Gasteiger partial charge < -0.3 is 14.6 Å². The van der Waals surface area contributed by atoms with Gasteiger partial charge in [0.05, 0.1) is 5.41 Å². The van der Waals surface area contributed by atoms with Gasteiger partial charge in [0.2, 0.25) is 0 Å². The van der Waals surface area contributed by atoms with Gasteiger partial charge in [-0.1, -0.05) is 27.6 Å². The lowest BCUT2D eigenvalue weighted by Gasteiger charge is -2.47. The maximum atomic E-state index is 12.5. The number of fused-ring (bicyclic) bond motifs is 3. The third-order valence-corrected chi connectivity index (χ3v) is 6.37. The summed E-state index contributed by atoms with van der Waals surface area (Å²) in [4.78, 5) is 12.5. The number of hydrogen-bond acceptors (Lipinski definition) is 4. The summed E-state index contributed by atoms with van der Waals surface area (Å²) in [5.74, 6) is 1.13. The van der Waals surface area contributed by atoms with Crippen molar-refractivity contribution in [1.29, 1.82) is 0 Å². The molecule has 0 bridgehead atoms. The van der Waals surface area contributed by atoms with Gasteiger partial charge in [-0.05, 0) is 65.2 Å². The van der Waals surface area contributed by atoms with Crippen LogP contribution in [0.4, 0.5) is 0 Å². The van der Waals surface area contributed by atoms with Crippen molar-refractivity contribution in [2.75, 3.05) is 11.9 Å². The molecule has 27 heavy (non-hydrogen) atoms. The highest BCUT2D eigenvalue weighted by atomic mass is 79.9. The number of carbonyl (C=O) groups excluding carboxylic acids is 1. The summed E-state index contributed by atoms with van der Waals surface area (Å²) in [6.07, 6.45) is 4.16. The lowest BCUT2D eigenvalue weighted by atomic mass is 9.67. The van der Waals surface area contributed by atoms with Gasteiger partial charge in [0.1, 0.15) is 23.7 Å². The number of aromatic hydroxyl groups is 1. The fraction of sp³-hybridized carbons (Fsp3) is 0.591. The molecule has 2 atom stereocenters. The standard InChI is InChI=1S/C22H29BrO4/c1-13-6-7-16-15(10-13)19-17(24)11-14(12-18(19)27-22(16,4)5)21(2,3)20(25)26-9-8-23/h6,11-12,15-16,24H,7-10H2,1-5H3. The minimum atomic E-state index is -0.874. The number of esters is 1. The molecular weight excluding hydrogens is 408 g/mol. The molecule has 0 amide bonds. The topological polar surface area (TPSA) is 55.8 Å². The Bertz CT molecular complexity index is 779. The highest BCUT2D eigenvalue weighted by molar-refractivity contribution is 9.09. The number of allylic oxidation sites excluding steroid dienone is 2. The van der Waals surface area contributed by atoms with Crippen LogP contribution in [0, 0.1) is 5.92 Å². The number of alkyl halides is 1. The van der Waals surface area contributed by atoms with Crippen LogP contribution in [-0.2, 0) is 14.9 Å². The molecule has 5 heteroatoms. The zero-order valence-corrected chi connectivity index (χ0v) is 18.4. The lowest BCUT2D eigenvalue weighted by Crippen LogP contribution is -2.45. The monoisotopic (exact) mass is 436 g/mol. The SMILES string of the molecule is CC1=CCC2C(C1)c1c(O)cc(C(C)(C)C(=O)OCCBr)cc1OC2(C)C. The molecular formula is C22H29BrO4. The van der Waals surface area contributed by atoms with E-state index in [4.69, 9.17) is 9.47 Å². The molecule has 148 valence electrons. The average Bonchev–Trinajstić information content (AvgIpc) is 2.58. The zero-order chi connectivity index (χ0) is 20.0. The minimum absolute atomic E-state index is 0.212. The van der Waals surface area contributed by atoms with Crippen molar-refractivity contribution >= 4 is 21.9 Å². The molecule has 0 saturated carbocycles. The number of phenols is 1. The van der Waals surface area contributed by atoms with E-state index in [2.05, 4.69) is 42.8 Å². The first-order valence-corrected chi connectivity index (χ1v) is 10.6. The Kier molecular flexibility index (Phi) is 5.37. The van der Waals surface area contributed by atoms with Crippen LogP contribution in [0.5, 0.6) is 11.5 Å². The van der Waals surface area contributed by atoms with Crippen LogP contribution < -0.4 is 4.74 Å². The number of hydrogen-bond donors (Lipinski definition) is 1. The summed E-state index contributed by atoms with van der Waals surface area (Å²) >= 11 is 3.27. The van der Waals surface area contributed by atoms with Crippen molar-refractivity contribution in [3.05, 3.63) is 34.9 Å². The first-order valence-electron chi connectivity index (χ1n) is 9.53. The number of phenolic OH excluding ortho intramolecular Hbond substituents is 1. The smallest absolute Gasteiger partial charge is 0.316 e. The fourth-order valence-corrected chi connectivity index (χ4v) is 4.52. The van der Waals surface area contributed by atoms with Gasteiger partial charge >= 0.3 is 5.97 Å². The summed E-state index contributed by atoms with van der Waals surface area (Å²) in [7, 11) is 0. The molecule has 0 radical (unpaired) electrons. The van der Waals surface area contributed by atoms with E-state index >= 15 is 0 Å². The predicted molar refractivity (Wildman–Crippen MR) is 110 cm³/mol. The molecule has 0 spiro atoms. The van der Waals surface area contributed by atoms with Crippen LogP contribution in [-0.4, -0.2) is 28.6 Å². The van der Waals surface area contributed by atoms with Crippen LogP contribution in [0.3, 0.4) is 0 Å². The number of carbonyl (C=O) groups is 1. The Balaban J connectivity index is 2.04. The number of halogens is 1. The third kappa shape index (κ3) is 3.63. The van der Waals surface area contributed by atoms with Crippen molar-refractivity contribution in [3.63, 3.8) is 0 Å². The Labute approximate surface area is 170 Å². The largest absolute Gasteiger partial charge is 0.508 e. The summed E-state index contributed by atoms with van der Waals surface area (Å²) in [5, 5.41) is 11.5. The number of benzene rings is 1. The average molecular weight is 437 g/mol. The van der Waals surface area contributed by atoms with E-state index in [-0.39, 0.29) is 23.2 Å². The van der Waals surface area contributed by atoms with Gasteiger partial charge in [-0.3, -0.25) is 4.79 Å². The van der Waals surface area contributed by atoms with E-state index in [0.29, 0.717) is 29.2 Å². The Morgan fingerprint density at radius 3 is 2.78 bits per heavy atom. The van der Waals surface area contributed by atoms with Crippen molar-refractivity contribution in [2.24, 2.45) is 5.92 Å². The van der Waals surface area contributed by atoms with Gasteiger partial charge in [-0.2, -0.15) is 0 Å². The van der Waals surface area contributed by atoms with Crippen LogP contribution in [0.2, 0.25) is 0 Å². The maximum Gasteiger partial charge on any atom is 0.316 e. The molecule has 1 aromatic rings. The molecule has 1 heterocycles. The molecule has 0 aromatic heterocycles. The van der Waals surface area contributed by atoms with E-state index < -0.39 is 5.41 Å². The van der Waals surface area contributed by atoms with E-state index in [9.17, 15) is 9.90 Å².